The highest BCUT2D eigenvalue weighted by molar-refractivity contribution is 6.01. The van der Waals surface area contributed by atoms with Gasteiger partial charge in [-0.3, -0.25) is 14.4 Å². The van der Waals surface area contributed by atoms with Crippen molar-refractivity contribution in [3.63, 3.8) is 0 Å². The first-order valence-corrected chi connectivity index (χ1v) is 13.8. The third-order valence-corrected chi connectivity index (χ3v) is 10.1. The minimum atomic E-state index is -2.02. The molecule has 210 valence electrons. The van der Waals surface area contributed by atoms with Gasteiger partial charge in [0.25, 0.3) is 0 Å². The SMILES string of the molecule is CC(C)(C)CC(=O)OCC(=O)[C@@]12OC(C)(C)O[C@@H]1CC1[C@@H]3CCC4=CC(=O)C=C[C@]4(C)[C@@]3(F)[C@@H](O)C[C@@]12C. The molecule has 4 fully saturated rings. The van der Waals surface area contributed by atoms with Gasteiger partial charge in [0.15, 0.2) is 29.4 Å². The number of fused-ring (bicyclic) bond motifs is 7. The van der Waals surface area contributed by atoms with Crippen molar-refractivity contribution < 1.29 is 38.1 Å². The van der Waals surface area contributed by atoms with Crippen LogP contribution in [-0.4, -0.2) is 58.5 Å². The predicted octanol–water partition coefficient (Wildman–Crippen LogP) is 4.41. The number of halogens is 1. The summed E-state index contributed by atoms with van der Waals surface area (Å²) in [7, 11) is 0. The maximum atomic E-state index is 17.4. The van der Waals surface area contributed by atoms with E-state index in [0.717, 1.165) is 0 Å². The van der Waals surface area contributed by atoms with E-state index in [-0.39, 0.29) is 30.0 Å². The minimum absolute atomic E-state index is 0.0209. The molecular formula is C30H41FO7. The Labute approximate surface area is 224 Å². The number of alkyl halides is 1. The molecule has 1 heterocycles. The molecular weight excluding hydrogens is 491 g/mol. The zero-order valence-corrected chi connectivity index (χ0v) is 23.6. The molecule has 0 aromatic heterocycles. The molecule has 0 aromatic rings. The van der Waals surface area contributed by atoms with Crippen LogP contribution >= 0.6 is 0 Å². The largest absolute Gasteiger partial charge is 0.458 e. The van der Waals surface area contributed by atoms with Gasteiger partial charge < -0.3 is 19.3 Å². The van der Waals surface area contributed by atoms with Crippen molar-refractivity contribution in [3.8, 4) is 0 Å². The fourth-order valence-corrected chi connectivity index (χ4v) is 8.55. The molecule has 3 saturated carbocycles. The van der Waals surface area contributed by atoms with Crippen molar-refractivity contribution >= 4 is 17.5 Å². The van der Waals surface area contributed by atoms with Crippen LogP contribution in [-0.2, 0) is 28.6 Å². The molecule has 38 heavy (non-hydrogen) atoms. The van der Waals surface area contributed by atoms with Crippen LogP contribution in [0.3, 0.4) is 0 Å². The fourth-order valence-electron chi connectivity index (χ4n) is 8.55. The third kappa shape index (κ3) is 3.66. The summed E-state index contributed by atoms with van der Waals surface area (Å²) in [6, 6.07) is 0. The lowest BCUT2D eigenvalue weighted by molar-refractivity contribution is -0.246. The maximum absolute atomic E-state index is 17.4. The Balaban J connectivity index is 1.51. The first-order chi connectivity index (χ1) is 17.4. The van der Waals surface area contributed by atoms with Gasteiger partial charge in [0.1, 0.15) is 0 Å². The number of carbonyl (C=O) groups is 3. The summed E-state index contributed by atoms with van der Waals surface area (Å²) in [5.74, 6) is -3.02. The summed E-state index contributed by atoms with van der Waals surface area (Å²) in [5.41, 5.74) is -5.17. The van der Waals surface area contributed by atoms with Crippen molar-refractivity contribution in [2.75, 3.05) is 6.61 Å². The van der Waals surface area contributed by atoms with Crippen molar-refractivity contribution in [1.29, 1.82) is 0 Å². The van der Waals surface area contributed by atoms with E-state index in [1.165, 1.54) is 12.2 Å². The highest BCUT2D eigenvalue weighted by Crippen LogP contribution is 2.72. The van der Waals surface area contributed by atoms with E-state index in [4.69, 9.17) is 14.2 Å². The zero-order valence-electron chi connectivity index (χ0n) is 23.6. The summed E-state index contributed by atoms with van der Waals surface area (Å²) in [5, 5.41) is 11.6. The molecule has 8 heteroatoms. The van der Waals surface area contributed by atoms with Crippen molar-refractivity contribution in [2.24, 2.45) is 28.1 Å². The molecule has 0 bridgehead atoms. The topological polar surface area (TPSA) is 99.1 Å². The number of esters is 1. The average Bonchev–Trinajstić information content (AvgIpc) is 3.18. The summed E-state index contributed by atoms with van der Waals surface area (Å²) in [6.45, 7) is 12.4. The molecule has 0 radical (unpaired) electrons. The van der Waals surface area contributed by atoms with Gasteiger partial charge in [0.05, 0.1) is 18.6 Å². The predicted molar refractivity (Wildman–Crippen MR) is 137 cm³/mol. The van der Waals surface area contributed by atoms with Gasteiger partial charge in [-0.25, -0.2) is 4.39 Å². The van der Waals surface area contributed by atoms with Crippen LogP contribution in [0.15, 0.2) is 23.8 Å². The third-order valence-electron chi connectivity index (χ3n) is 10.1. The number of aliphatic hydroxyl groups is 1. The number of rotatable bonds is 4. The second kappa shape index (κ2) is 8.31. The van der Waals surface area contributed by atoms with Crippen LogP contribution in [0.2, 0.25) is 0 Å². The molecule has 5 rings (SSSR count). The van der Waals surface area contributed by atoms with Gasteiger partial charge in [0.2, 0.25) is 5.78 Å². The zero-order chi connectivity index (χ0) is 28.1. The lowest BCUT2D eigenvalue weighted by Gasteiger charge is -2.62. The average molecular weight is 533 g/mol. The number of carbonyl (C=O) groups excluding carboxylic acids is 3. The second-order valence-corrected chi connectivity index (χ2v) is 14.2. The van der Waals surface area contributed by atoms with E-state index in [0.29, 0.717) is 24.8 Å². The van der Waals surface area contributed by atoms with Crippen LogP contribution in [0.4, 0.5) is 4.39 Å². The highest BCUT2D eigenvalue weighted by atomic mass is 19.1. The number of aliphatic hydroxyl groups excluding tert-OH is 1. The number of ketones is 2. The molecule has 1 unspecified atom stereocenters. The van der Waals surface area contributed by atoms with Gasteiger partial charge >= 0.3 is 5.97 Å². The van der Waals surface area contributed by atoms with E-state index in [2.05, 4.69) is 0 Å². The molecule has 5 aliphatic rings. The molecule has 0 amide bonds. The Morgan fingerprint density at radius 3 is 2.53 bits per heavy atom. The van der Waals surface area contributed by atoms with Crippen LogP contribution in [0.25, 0.3) is 0 Å². The summed E-state index contributed by atoms with van der Waals surface area (Å²) in [4.78, 5) is 38.6. The monoisotopic (exact) mass is 532 g/mol. The molecule has 7 nitrogen and oxygen atoms in total. The highest BCUT2D eigenvalue weighted by Gasteiger charge is 2.80. The quantitative estimate of drug-likeness (QED) is 0.536. The molecule has 1 N–H and O–H groups in total. The van der Waals surface area contributed by atoms with Crippen LogP contribution in [0.5, 0.6) is 0 Å². The molecule has 0 spiro atoms. The van der Waals surface area contributed by atoms with Gasteiger partial charge in [-0.05, 0) is 69.9 Å². The van der Waals surface area contributed by atoms with E-state index in [1.54, 1.807) is 26.8 Å². The lowest BCUT2D eigenvalue weighted by Crippen LogP contribution is -2.70. The van der Waals surface area contributed by atoms with Crippen molar-refractivity contribution in [1.82, 2.24) is 0 Å². The fraction of sp³-hybridized carbons (Fsp3) is 0.767. The molecule has 1 saturated heterocycles. The maximum Gasteiger partial charge on any atom is 0.306 e. The van der Waals surface area contributed by atoms with Gasteiger partial charge in [-0.1, -0.05) is 39.3 Å². The number of Topliss-reactive ketones (excluding diaryl/α,β-unsaturated/α-hetero) is 1. The van der Waals surface area contributed by atoms with Crippen LogP contribution in [0, 0.1) is 28.1 Å². The first-order valence-electron chi connectivity index (χ1n) is 13.8. The number of hydrogen-bond donors (Lipinski definition) is 1. The van der Waals surface area contributed by atoms with E-state index < -0.39 is 64.4 Å². The number of allylic oxidation sites excluding steroid dienone is 4. The van der Waals surface area contributed by atoms with Gasteiger partial charge in [-0.15, -0.1) is 0 Å². The standard InChI is InChI=1S/C30H41FO7/c1-25(2,3)15-24(35)36-16-22(34)30-23(37-26(4,5)38-30)13-20-19-9-8-17-12-18(32)10-11-27(17,6)29(19,31)21(33)14-28(20,30)7/h10-12,19-21,23,33H,8-9,13-16H2,1-7H3/t19-,20?,21-,23+,27-,28-,29-,30+/m0/s1. The molecule has 4 aliphatic carbocycles. The Morgan fingerprint density at radius 2 is 1.87 bits per heavy atom. The van der Waals surface area contributed by atoms with E-state index in [1.807, 2.05) is 27.7 Å². The second-order valence-electron chi connectivity index (χ2n) is 14.2. The Kier molecular flexibility index (Phi) is 6.05. The molecule has 8 atom stereocenters. The summed E-state index contributed by atoms with van der Waals surface area (Å²) < 4.78 is 35.6. The summed E-state index contributed by atoms with van der Waals surface area (Å²) >= 11 is 0. The van der Waals surface area contributed by atoms with Crippen molar-refractivity contribution in [3.05, 3.63) is 23.8 Å². The van der Waals surface area contributed by atoms with Gasteiger partial charge in [-0.2, -0.15) is 0 Å². The number of ether oxygens (including phenoxy) is 3. The van der Waals surface area contributed by atoms with Gasteiger partial charge in [0, 0.05) is 16.7 Å². The van der Waals surface area contributed by atoms with Crippen LogP contribution < -0.4 is 0 Å². The van der Waals surface area contributed by atoms with E-state index >= 15 is 4.39 Å². The van der Waals surface area contributed by atoms with E-state index in [9.17, 15) is 19.5 Å². The normalized spacial score (nSPS) is 45.0. The number of hydrogen-bond acceptors (Lipinski definition) is 7. The Hall–Kier alpha value is -1.90. The first kappa shape index (κ1) is 27.7. The lowest BCUT2D eigenvalue weighted by atomic mass is 9.44. The van der Waals surface area contributed by atoms with Crippen LogP contribution in [0.1, 0.15) is 80.6 Å². The van der Waals surface area contributed by atoms with Crippen molar-refractivity contribution in [2.45, 2.75) is 110 Å². The molecule has 1 aliphatic heterocycles. The Morgan fingerprint density at radius 1 is 1.18 bits per heavy atom. The smallest absolute Gasteiger partial charge is 0.306 e. The summed E-state index contributed by atoms with van der Waals surface area (Å²) in [6.07, 6.45) is 3.96. The Bertz CT molecular complexity index is 1130. The molecule has 0 aromatic carbocycles. The minimum Gasteiger partial charge on any atom is -0.458 e.